The molecule has 1 atom stereocenters. The number of thioether (sulfide) groups is 1. The number of hydrogen-bond acceptors (Lipinski definition) is 3. The Balaban J connectivity index is 1.92. The molecule has 1 saturated heterocycles. The molecule has 2 nitrogen and oxygen atoms in total. The molecule has 0 saturated carbocycles. The standard InChI is InChI=1S/C14H29NOS/c1-12(2)17-11-14(15)6-4-3-5-13-7-9-16-10-8-13/h12-14H,3-11,15H2,1-2H3. The molecule has 2 N–H and O–H groups in total. The lowest BCUT2D eigenvalue weighted by atomic mass is 9.93. The lowest BCUT2D eigenvalue weighted by Crippen LogP contribution is -2.23. The summed E-state index contributed by atoms with van der Waals surface area (Å²) in [6.07, 6.45) is 7.78. The molecule has 1 fully saturated rings. The van der Waals surface area contributed by atoms with Gasteiger partial charge in [-0.15, -0.1) is 0 Å². The number of nitrogens with two attached hydrogens (primary N) is 1. The van der Waals surface area contributed by atoms with Crippen molar-refractivity contribution in [2.24, 2.45) is 11.7 Å². The fourth-order valence-electron chi connectivity index (χ4n) is 2.27. The first-order chi connectivity index (χ1) is 8.18. The fraction of sp³-hybridized carbons (Fsp3) is 1.00. The minimum absolute atomic E-state index is 0.400. The Bertz CT molecular complexity index is 181. The van der Waals surface area contributed by atoms with Crippen LogP contribution in [0.3, 0.4) is 0 Å². The summed E-state index contributed by atoms with van der Waals surface area (Å²) in [5, 5.41) is 0.711. The highest BCUT2D eigenvalue weighted by Gasteiger charge is 2.13. The molecule has 1 aliphatic rings. The zero-order valence-electron chi connectivity index (χ0n) is 11.5. The molecule has 1 heterocycles. The van der Waals surface area contributed by atoms with Crippen LogP contribution in [0.4, 0.5) is 0 Å². The van der Waals surface area contributed by atoms with Gasteiger partial charge in [-0.3, -0.25) is 0 Å². The molecular formula is C14H29NOS. The summed E-state index contributed by atoms with van der Waals surface area (Å²) in [7, 11) is 0. The quantitative estimate of drug-likeness (QED) is 0.678. The SMILES string of the molecule is CC(C)SCC(N)CCCCC1CCOCC1. The van der Waals surface area contributed by atoms with Crippen molar-refractivity contribution in [1.82, 2.24) is 0 Å². The van der Waals surface area contributed by atoms with Gasteiger partial charge in [-0.05, 0) is 30.4 Å². The predicted molar refractivity (Wildman–Crippen MR) is 77.6 cm³/mol. The van der Waals surface area contributed by atoms with Crippen LogP contribution in [0.25, 0.3) is 0 Å². The summed E-state index contributed by atoms with van der Waals surface area (Å²) in [4.78, 5) is 0. The lowest BCUT2D eigenvalue weighted by Gasteiger charge is -2.22. The molecule has 0 radical (unpaired) electrons. The highest BCUT2D eigenvalue weighted by Crippen LogP contribution is 2.21. The van der Waals surface area contributed by atoms with E-state index in [2.05, 4.69) is 13.8 Å². The second-order valence-corrected chi connectivity index (χ2v) is 7.09. The van der Waals surface area contributed by atoms with Crippen molar-refractivity contribution in [1.29, 1.82) is 0 Å². The molecule has 1 aliphatic heterocycles. The van der Waals surface area contributed by atoms with Crippen LogP contribution in [-0.4, -0.2) is 30.3 Å². The molecular weight excluding hydrogens is 230 g/mol. The average molecular weight is 259 g/mol. The third-order valence-electron chi connectivity index (χ3n) is 3.42. The van der Waals surface area contributed by atoms with E-state index in [4.69, 9.17) is 10.5 Å². The van der Waals surface area contributed by atoms with E-state index in [1.165, 1.54) is 38.5 Å². The molecule has 102 valence electrons. The molecule has 0 aromatic carbocycles. The Morgan fingerprint density at radius 1 is 1.24 bits per heavy atom. The molecule has 0 spiro atoms. The van der Waals surface area contributed by atoms with Gasteiger partial charge in [0, 0.05) is 25.0 Å². The Kier molecular flexibility index (Phi) is 8.33. The highest BCUT2D eigenvalue weighted by molar-refractivity contribution is 7.99. The molecule has 0 aromatic rings. The lowest BCUT2D eigenvalue weighted by molar-refractivity contribution is 0.0631. The van der Waals surface area contributed by atoms with Gasteiger partial charge in [0.1, 0.15) is 0 Å². The van der Waals surface area contributed by atoms with Crippen molar-refractivity contribution in [3.63, 3.8) is 0 Å². The van der Waals surface area contributed by atoms with Crippen LogP contribution in [0.5, 0.6) is 0 Å². The summed E-state index contributed by atoms with van der Waals surface area (Å²) in [6, 6.07) is 0.400. The minimum atomic E-state index is 0.400. The summed E-state index contributed by atoms with van der Waals surface area (Å²) in [5.41, 5.74) is 6.10. The summed E-state index contributed by atoms with van der Waals surface area (Å²) in [5.74, 6) is 2.04. The second-order valence-electron chi connectivity index (χ2n) is 5.48. The highest BCUT2D eigenvalue weighted by atomic mass is 32.2. The first-order valence-electron chi connectivity index (χ1n) is 7.13. The third-order valence-corrected chi connectivity index (χ3v) is 4.71. The number of rotatable bonds is 8. The van der Waals surface area contributed by atoms with Crippen LogP contribution in [0.1, 0.15) is 52.4 Å². The molecule has 0 aromatic heterocycles. The van der Waals surface area contributed by atoms with Crippen molar-refractivity contribution in [3.8, 4) is 0 Å². The second kappa shape index (κ2) is 9.23. The van der Waals surface area contributed by atoms with E-state index in [9.17, 15) is 0 Å². The number of hydrogen-bond donors (Lipinski definition) is 1. The Morgan fingerprint density at radius 3 is 2.59 bits per heavy atom. The first-order valence-corrected chi connectivity index (χ1v) is 8.18. The van der Waals surface area contributed by atoms with Crippen LogP contribution in [0, 0.1) is 5.92 Å². The van der Waals surface area contributed by atoms with Gasteiger partial charge in [0.15, 0.2) is 0 Å². The fourth-order valence-corrected chi connectivity index (χ4v) is 3.07. The van der Waals surface area contributed by atoms with Gasteiger partial charge >= 0.3 is 0 Å². The van der Waals surface area contributed by atoms with Crippen LogP contribution in [0.2, 0.25) is 0 Å². The molecule has 1 rings (SSSR count). The van der Waals surface area contributed by atoms with E-state index in [0.29, 0.717) is 11.3 Å². The van der Waals surface area contributed by atoms with Gasteiger partial charge in [0.2, 0.25) is 0 Å². The molecule has 1 unspecified atom stereocenters. The van der Waals surface area contributed by atoms with E-state index in [0.717, 1.165) is 24.9 Å². The van der Waals surface area contributed by atoms with Crippen LogP contribution in [0.15, 0.2) is 0 Å². The maximum absolute atomic E-state index is 6.10. The summed E-state index contributed by atoms with van der Waals surface area (Å²) in [6.45, 7) is 6.44. The zero-order valence-corrected chi connectivity index (χ0v) is 12.3. The summed E-state index contributed by atoms with van der Waals surface area (Å²) < 4.78 is 5.38. The van der Waals surface area contributed by atoms with Crippen molar-refractivity contribution in [2.45, 2.75) is 63.7 Å². The maximum atomic E-state index is 6.10. The van der Waals surface area contributed by atoms with Gasteiger partial charge in [-0.2, -0.15) is 11.8 Å². The van der Waals surface area contributed by atoms with Gasteiger partial charge < -0.3 is 10.5 Å². The smallest absolute Gasteiger partial charge is 0.0468 e. The minimum Gasteiger partial charge on any atom is -0.381 e. The van der Waals surface area contributed by atoms with E-state index in [1.54, 1.807) is 0 Å². The zero-order chi connectivity index (χ0) is 12.5. The van der Waals surface area contributed by atoms with E-state index in [-0.39, 0.29) is 0 Å². The van der Waals surface area contributed by atoms with Gasteiger partial charge in [-0.25, -0.2) is 0 Å². The van der Waals surface area contributed by atoms with Crippen molar-refractivity contribution < 1.29 is 4.74 Å². The number of ether oxygens (including phenoxy) is 1. The Hall–Kier alpha value is 0.270. The molecule has 0 amide bonds. The molecule has 17 heavy (non-hydrogen) atoms. The molecule has 0 aliphatic carbocycles. The van der Waals surface area contributed by atoms with Gasteiger partial charge in [0.05, 0.1) is 0 Å². The van der Waals surface area contributed by atoms with Crippen LogP contribution in [-0.2, 0) is 4.74 Å². The van der Waals surface area contributed by atoms with Gasteiger partial charge in [0.25, 0.3) is 0 Å². The van der Waals surface area contributed by atoms with Crippen LogP contribution >= 0.6 is 11.8 Å². The Morgan fingerprint density at radius 2 is 1.94 bits per heavy atom. The van der Waals surface area contributed by atoms with Crippen molar-refractivity contribution in [3.05, 3.63) is 0 Å². The van der Waals surface area contributed by atoms with Crippen molar-refractivity contribution in [2.75, 3.05) is 19.0 Å². The predicted octanol–water partition coefficient (Wildman–Crippen LogP) is 3.44. The molecule has 0 bridgehead atoms. The van der Waals surface area contributed by atoms with E-state index in [1.807, 2.05) is 11.8 Å². The topological polar surface area (TPSA) is 35.2 Å². The van der Waals surface area contributed by atoms with E-state index >= 15 is 0 Å². The normalized spacial score (nSPS) is 19.8. The Labute approximate surface area is 111 Å². The monoisotopic (exact) mass is 259 g/mol. The van der Waals surface area contributed by atoms with Crippen molar-refractivity contribution >= 4 is 11.8 Å². The molecule has 3 heteroatoms. The average Bonchev–Trinajstić information content (AvgIpc) is 2.33. The van der Waals surface area contributed by atoms with Gasteiger partial charge in [-0.1, -0.05) is 33.1 Å². The third kappa shape index (κ3) is 8.06. The van der Waals surface area contributed by atoms with Crippen LogP contribution < -0.4 is 5.73 Å². The maximum Gasteiger partial charge on any atom is 0.0468 e. The number of unbranched alkanes of at least 4 members (excludes halogenated alkanes) is 1. The summed E-state index contributed by atoms with van der Waals surface area (Å²) >= 11 is 1.98. The first kappa shape index (κ1) is 15.3. The largest absolute Gasteiger partial charge is 0.381 e. The van der Waals surface area contributed by atoms with E-state index < -0.39 is 0 Å².